The minimum Gasteiger partial charge on any atom is -0.480 e. The Morgan fingerprint density at radius 2 is 1.56 bits per heavy atom. The molecule has 0 saturated heterocycles. The summed E-state index contributed by atoms with van der Waals surface area (Å²) in [6.45, 7) is 1.04. The molecule has 0 aliphatic rings. The van der Waals surface area contributed by atoms with Crippen LogP contribution in [0.2, 0.25) is 0 Å². The molecular formula is C9H12F5NO3. The fourth-order valence-corrected chi connectivity index (χ4v) is 0.793. The Bertz CT molecular complexity index is 338. The van der Waals surface area contributed by atoms with Crippen molar-refractivity contribution in [3.8, 4) is 0 Å². The zero-order valence-corrected chi connectivity index (χ0v) is 9.57. The monoisotopic (exact) mass is 277 g/mol. The number of carbonyl (C=O) groups excluding carboxylic acids is 1. The number of nitrogens with one attached hydrogen (secondary N) is 1. The smallest absolute Gasteiger partial charge is 0.453 e. The molecule has 0 aliphatic heterocycles. The summed E-state index contributed by atoms with van der Waals surface area (Å²) in [4.78, 5) is 21.8. The van der Waals surface area contributed by atoms with Crippen LogP contribution in [-0.4, -0.2) is 35.6 Å². The fraction of sp³-hybridized carbons (Fsp3) is 0.778. The highest BCUT2D eigenvalue weighted by Crippen LogP contribution is 2.37. The second kappa shape index (κ2) is 5.07. The molecule has 0 aliphatic carbocycles. The van der Waals surface area contributed by atoms with Crippen LogP contribution in [0.3, 0.4) is 0 Å². The van der Waals surface area contributed by atoms with E-state index >= 15 is 0 Å². The van der Waals surface area contributed by atoms with Crippen molar-refractivity contribution < 1.29 is 36.6 Å². The predicted octanol–water partition coefficient (Wildman–Crippen LogP) is 1.80. The van der Waals surface area contributed by atoms with Gasteiger partial charge in [0.15, 0.2) is 0 Å². The van der Waals surface area contributed by atoms with E-state index in [1.54, 1.807) is 5.32 Å². The van der Waals surface area contributed by atoms with Crippen LogP contribution in [0, 0.1) is 5.41 Å². The Labute approximate surface area is 99.2 Å². The summed E-state index contributed by atoms with van der Waals surface area (Å²) in [7, 11) is 0. The highest BCUT2D eigenvalue weighted by atomic mass is 19.4. The summed E-state index contributed by atoms with van der Waals surface area (Å²) in [6, 6.07) is 0. The number of carbonyl (C=O) groups is 2. The van der Waals surface area contributed by atoms with Gasteiger partial charge in [-0.15, -0.1) is 0 Å². The number of hydrogen-bond acceptors (Lipinski definition) is 2. The van der Waals surface area contributed by atoms with Crippen LogP contribution in [0.5, 0.6) is 0 Å². The van der Waals surface area contributed by atoms with E-state index in [-0.39, 0.29) is 0 Å². The SMILES string of the molecule is CC(C)(C(=O)O)C(=O)NCCC(F)(F)C(F)(F)F. The Balaban J connectivity index is 4.39. The van der Waals surface area contributed by atoms with E-state index in [2.05, 4.69) is 0 Å². The average Bonchev–Trinajstić information content (AvgIpc) is 2.14. The number of rotatable bonds is 5. The van der Waals surface area contributed by atoms with Crippen LogP contribution < -0.4 is 5.32 Å². The van der Waals surface area contributed by atoms with Crippen LogP contribution >= 0.6 is 0 Å². The Morgan fingerprint density at radius 1 is 1.11 bits per heavy atom. The fourth-order valence-electron chi connectivity index (χ4n) is 0.793. The molecule has 0 saturated carbocycles. The van der Waals surface area contributed by atoms with Crippen molar-refractivity contribution in [2.75, 3.05) is 6.54 Å². The van der Waals surface area contributed by atoms with Crippen molar-refractivity contribution in [3.05, 3.63) is 0 Å². The van der Waals surface area contributed by atoms with E-state index < -0.39 is 42.4 Å². The number of carboxylic acids is 1. The van der Waals surface area contributed by atoms with Crippen molar-refractivity contribution in [3.63, 3.8) is 0 Å². The van der Waals surface area contributed by atoms with Crippen LogP contribution in [0.4, 0.5) is 22.0 Å². The zero-order valence-electron chi connectivity index (χ0n) is 9.57. The molecule has 0 unspecified atom stereocenters. The van der Waals surface area contributed by atoms with Crippen LogP contribution in [0.1, 0.15) is 20.3 Å². The highest BCUT2D eigenvalue weighted by Gasteiger charge is 2.56. The predicted molar refractivity (Wildman–Crippen MR) is 50.0 cm³/mol. The van der Waals surface area contributed by atoms with Gasteiger partial charge in [-0.2, -0.15) is 22.0 Å². The highest BCUT2D eigenvalue weighted by molar-refractivity contribution is 6.00. The number of hydrogen-bond donors (Lipinski definition) is 2. The van der Waals surface area contributed by atoms with E-state index in [4.69, 9.17) is 5.11 Å². The molecule has 0 heterocycles. The van der Waals surface area contributed by atoms with E-state index in [0.29, 0.717) is 0 Å². The summed E-state index contributed by atoms with van der Waals surface area (Å²) >= 11 is 0. The summed E-state index contributed by atoms with van der Waals surface area (Å²) < 4.78 is 60.2. The summed E-state index contributed by atoms with van der Waals surface area (Å²) in [5.41, 5.74) is -1.90. The molecule has 0 spiro atoms. The molecule has 9 heteroatoms. The van der Waals surface area contributed by atoms with Crippen molar-refractivity contribution in [1.82, 2.24) is 5.32 Å². The molecule has 2 N–H and O–H groups in total. The molecule has 0 aromatic carbocycles. The molecule has 0 radical (unpaired) electrons. The lowest BCUT2D eigenvalue weighted by Gasteiger charge is -2.22. The molecule has 0 fully saturated rings. The average molecular weight is 277 g/mol. The molecule has 0 aromatic heterocycles. The van der Waals surface area contributed by atoms with Gasteiger partial charge < -0.3 is 10.4 Å². The third kappa shape index (κ3) is 3.81. The van der Waals surface area contributed by atoms with E-state index in [9.17, 15) is 31.5 Å². The Morgan fingerprint density at radius 3 is 1.89 bits per heavy atom. The second-order valence-corrected chi connectivity index (χ2v) is 4.14. The Hall–Kier alpha value is -1.41. The number of carboxylic acid groups (broad SMARTS) is 1. The molecule has 4 nitrogen and oxygen atoms in total. The van der Waals surface area contributed by atoms with Crippen molar-refractivity contribution in [2.45, 2.75) is 32.4 Å². The van der Waals surface area contributed by atoms with Gasteiger partial charge in [-0.05, 0) is 13.8 Å². The van der Waals surface area contributed by atoms with Crippen LogP contribution in [-0.2, 0) is 9.59 Å². The van der Waals surface area contributed by atoms with Gasteiger partial charge in [-0.1, -0.05) is 0 Å². The first kappa shape index (κ1) is 16.6. The minimum absolute atomic E-state index is 0.970. The first-order valence-corrected chi connectivity index (χ1v) is 4.78. The van der Waals surface area contributed by atoms with E-state index in [1.807, 2.05) is 0 Å². The van der Waals surface area contributed by atoms with Gasteiger partial charge in [0.1, 0.15) is 5.41 Å². The van der Waals surface area contributed by atoms with Crippen molar-refractivity contribution >= 4 is 11.9 Å². The molecule has 1 amide bonds. The van der Waals surface area contributed by atoms with Gasteiger partial charge in [0.05, 0.1) is 0 Å². The minimum atomic E-state index is -5.69. The Kier molecular flexibility index (Phi) is 4.67. The van der Waals surface area contributed by atoms with Crippen molar-refractivity contribution in [2.24, 2.45) is 5.41 Å². The van der Waals surface area contributed by atoms with Crippen molar-refractivity contribution in [1.29, 1.82) is 0 Å². The summed E-state index contributed by atoms with van der Waals surface area (Å²) in [5.74, 6) is -7.57. The lowest BCUT2D eigenvalue weighted by Crippen LogP contribution is -2.45. The zero-order chi connectivity index (χ0) is 14.8. The molecule has 106 valence electrons. The molecule has 0 bridgehead atoms. The van der Waals surface area contributed by atoms with Gasteiger partial charge in [0, 0.05) is 13.0 Å². The number of amides is 1. The van der Waals surface area contributed by atoms with Gasteiger partial charge in [0.25, 0.3) is 0 Å². The molecule has 0 rings (SSSR count). The van der Waals surface area contributed by atoms with Crippen LogP contribution in [0.15, 0.2) is 0 Å². The first-order chi connectivity index (χ1) is 7.82. The maximum Gasteiger partial charge on any atom is 0.453 e. The van der Waals surface area contributed by atoms with Gasteiger partial charge in [-0.25, -0.2) is 0 Å². The van der Waals surface area contributed by atoms with Gasteiger partial charge in [-0.3, -0.25) is 9.59 Å². The summed E-state index contributed by atoms with van der Waals surface area (Å²) in [5, 5.41) is 10.3. The molecular weight excluding hydrogens is 265 g/mol. The third-order valence-electron chi connectivity index (χ3n) is 2.24. The lowest BCUT2D eigenvalue weighted by atomic mass is 9.92. The normalized spacial score (nSPS) is 13.3. The molecule has 0 atom stereocenters. The van der Waals surface area contributed by atoms with E-state index in [0.717, 1.165) is 13.8 Å². The summed E-state index contributed by atoms with van der Waals surface area (Å²) in [6.07, 6.45) is -7.34. The maximum absolute atomic E-state index is 12.4. The van der Waals surface area contributed by atoms with Crippen LogP contribution in [0.25, 0.3) is 0 Å². The van der Waals surface area contributed by atoms with E-state index in [1.165, 1.54) is 0 Å². The van der Waals surface area contributed by atoms with Gasteiger partial charge >= 0.3 is 18.1 Å². The first-order valence-electron chi connectivity index (χ1n) is 4.78. The number of aliphatic carboxylic acids is 1. The largest absolute Gasteiger partial charge is 0.480 e. The maximum atomic E-state index is 12.4. The quantitative estimate of drug-likeness (QED) is 0.595. The second-order valence-electron chi connectivity index (χ2n) is 4.14. The van der Waals surface area contributed by atoms with Gasteiger partial charge in [0.2, 0.25) is 5.91 Å². The number of halogens is 5. The molecule has 0 aromatic rings. The third-order valence-corrected chi connectivity index (χ3v) is 2.24. The number of alkyl halides is 5. The molecule has 18 heavy (non-hydrogen) atoms. The topological polar surface area (TPSA) is 66.4 Å². The standard InChI is InChI=1S/C9H12F5NO3/c1-7(2,6(17)18)5(16)15-4-3-8(10,11)9(12,13)14/h3-4H2,1-2H3,(H,15,16)(H,17,18). The lowest BCUT2D eigenvalue weighted by molar-refractivity contribution is -0.283.